The molecule has 29 heavy (non-hydrogen) atoms. The Kier molecular flexibility index (Phi) is 6.71. The normalized spacial score (nSPS) is 15.1. The van der Waals surface area contributed by atoms with Crippen molar-refractivity contribution in [3.05, 3.63) is 70.6 Å². The summed E-state index contributed by atoms with van der Waals surface area (Å²) in [4.78, 5) is 16.4. The number of anilines is 1. The van der Waals surface area contributed by atoms with Crippen LogP contribution in [-0.2, 0) is 14.8 Å². The van der Waals surface area contributed by atoms with Crippen molar-refractivity contribution in [2.75, 3.05) is 37.6 Å². The summed E-state index contributed by atoms with van der Waals surface area (Å²) < 4.78 is 26.6. The Hall–Kier alpha value is -2.64. The van der Waals surface area contributed by atoms with E-state index in [1.54, 1.807) is 4.90 Å². The Morgan fingerprint density at radius 3 is 2.38 bits per heavy atom. The van der Waals surface area contributed by atoms with E-state index in [2.05, 4.69) is 35.6 Å². The molecule has 0 unspecified atom stereocenters. The zero-order valence-electron chi connectivity index (χ0n) is 16.8. The number of amides is 1. The lowest BCUT2D eigenvalue weighted by molar-refractivity contribution is -0.130. The molecule has 0 radical (unpaired) electrons. The molecule has 0 spiro atoms. The number of aryl methyl sites for hydroxylation is 1. The number of benzene rings is 2. The molecule has 0 atom stereocenters. The van der Waals surface area contributed by atoms with Crippen molar-refractivity contribution in [3.8, 4) is 0 Å². The average molecular weight is 414 g/mol. The molecule has 1 N–H and O–H groups in total. The first-order valence-corrected chi connectivity index (χ1v) is 11.2. The van der Waals surface area contributed by atoms with Gasteiger partial charge in [0.05, 0.1) is 6.54 Å². The van der Waals surface area contributed by atoms with Gasteiger partial charge < -0.3 is 9.80 Å². The smallest absolute Gasteiger partial charge is 0.237 e. The highest BCUT2D eigenvalue weighted by Gasteiger charge is 2.23. The Labute approximate surface area is 172 Å². The monoisotopic (exact) mass is 413 g/mol. The molecular formula is C22H27N3O3S. The van der Waals surface area contributed by atoms with Crippen molar-refractivity contribution in [1.29, 1.82) is 0 Å². The predicted octanol–water partition coefficient (Wildman–Crippen LogP) is 2.54. The van der Waals surface area contributed by atoms with Gasteiger partial charge in [0.25, 0.3) is 0 Å². The first kappa shape index (κ1) is 21.1. The van der Waals surface area contributed by atoms with Crippen molar-refractivity contribution in [2.24, 2.45) is 0 Å². The number of sulfonamides is 1. The van der Waals surface area contributed by atoms with Crippen LogP contribution >= 0.6 is 0 Å². The van der Waals surface area contributed by atoms with Gasteiger partial charge in [-0.3, -0.25) is 4.79 Å². The quantitative estimate of drug-likeness (QED) is 0.790. The summed E-state index contributed by atoms with van der Waals surface area (Å²) in [6.07, 6.45) is 1.51. The first-order chi connectivity index (χ1) is 13.9. The Balaban J connectivity index is 1.51. The van der Waals surface area contributed by atoms with Crippen LogP contribution in [0, 0.1) is 13.8 Å². The van der Waals surface area contributed by atoms with Gasteiger partial charge in [-0.05, 0) is 42.7 Å². The predicted molar refractivity (Wildman–Crippen MR) is 117 cm³/mol. The van der Waals surface area contributed by atoms with Gasteiger partial charge in [0.2, 0.25) is 15.9 Å². The number of nitrogens with one attached hydrogen (secondary N) is 1. The highest BCUT2D eigenvalue weighted by Crippen LogP contribution is 2.23. The molecule has 0 bridgehead atoms. The van der Waals surface area contributed by atoms with Gasteiger partial charge in [0.15, 0.2) is 0 Å². The van der Waals surface area contributed by atoms with Gasteiger partial charge in [-0.15, -0.1) is 0 Å². The van der Waals surface area contributed by atoms with Crippen LogP contribution in [0.15, 0.2) is 53.9 Å². The minimum Gasteiger partial charge on any atom is -0.368 e. The molecule has 0 saturated carbocycles. The first-order valence-electron chi connectivity index (χ1n) is 9.67. The number of carbonyl (C=O) groups excluding carboxylic acids is 1. The number of carbonyl (C=O) groups is 1. The fraction of sp³-hybridized carbons (Fsp3) is 0.318. The summed E-state index contributed by atoms with van der Waals surface area (Å²) in [7, 11) is -3.67. The van der Waals surface area contributed by atoms with E-state index in [1.165, 1.54) is 22.9 Å². The van der Waals surface area contributed by atoms with E-state index in [0.717, 1.165) is 24.1 Å². The molecule has 6 nitrogen and oxygen atoms in total. The molecule has 3 rings (SSSR count). The lowest BCUT2D eigenvalue weighted by Gasteiger charge is -2.37. The van der Waals surface area contributed by atoms with Crippen LogP contribution in [0.5, 0.6) is 0 Å². The van der Waals surface area contributed by atoms with Crippen LogP contribution < -0.4 is 9.62 Å². The van der Waals surface area contributed by atoms with E-state index in [9.17, 15) is 13.2 Å². The van der Waals surface area contributed by atoms with Gasteiger partial charge in [-0.25, -0.2) is 13.1 Å². The summed E-state index contributed by atoms with van der Waals surface area (Å²) in [5, 5.41) is 1.09. The highest BCUT2D eigenvalue weighted by molar-refractivity contribution is 7.92. The Bertz CT molecular complexity index is 980. The zero-order chi connectivity index (χ0) is 20.9. The van der Waals surface area contributed by atoms with Crippen molar-refractivity contribution in [2.45, 2.75) is 13.8 Å². The Morgan fingerprint density at radius 1 is 1.00 bits per heavy atom. The van der Waals surface area contributed by atoms with Crippen LogP contribution in [0.2, 0.25) is 0 Å². The molecule has 0 aliphatic carbocycles. The molecule has 154 valence electrons. The average Bonchev–Trinajstić information content (AvgIpc) is 2.74. The molecule has 1 fully saturated rings. The third-order valence-corrected chi connectivity index (χ3v) is 6.25. The van der Waals surface area contributed by atoms with Crippen LogP contribution in [0.25, 0.3) is 6.08 Å². The number of piperazine rings is 1. The lowest BCUT2D eigenvalue weighted by Crippen LogP contribution is -2.51. The minimum atomic E-state index is -3.67. The van der Waals surface area contributed by atoms with Crippen LogP contribution in [0.1, 0.15) is 16.7 Å². The topological polar surface area (TPSA) is 69.7 Å². The third-order valence-electron chi connectivity index (χ3n) is 5.21. The summed E-state index contributed by atoms with van der Waals surface area (Å²) in [6.45, 7) is 6.59. The maximum Gasteiger partial charge on any atom is 0.237 e. The van der Waals surface area contributed by atoms with Crippen LogP contribution in [-0.4, -0.2) is 51.9 Å². The van der Waals surface area contributed by atoms with E-state index in [0.29, 0.717) is 13.1 Å². The number of nitrogens with zero attached hydrogens (tertiary/aromatic N) is 2. The highest BCUT2D eigenvalue weighted by atomic mass is 32.2. The van der Waals surface area contributed by atoms with Crippen LogP contribution in [0.4, 0.5) is 5.69 Å². The van der Waals surface area contributed by atoms with Gasteiger partial charge >= 0.3 is 0 Å². The molecule has 1 heterocycles. The number of rotatable bonds is 6. The second-order valence-corrected chi connectivity index (χ2v) is 8.82. The van der Waals surface area contributed by atoms with E-state index in [4.69, 9.17) is 0 Å². The van der Waals surface area contributed by atoms with Gasteiger partial charge in [-0.1, -0.05) is 42.5 Å². The molecule has 0 aromatic heterocycles. The standard InChI is InChI=1S/C22H27N3O3S/c1-18-7-6-10-21(19(18)2)24-12-14-25(15-13-24)22(26)17-23-29(27,28)16-11-20-8-4-3-5-9-20/h3-11,16,23H,12-15,17H2,1-2H3/b16-11+. The second kappa shape index (κ2) is 9.24. The van der Waals surface area contributed by atoms with Crippen molar-refractivity contribution >= 4 is 27.7 Å². The van der Waals surface area contributed by atoms with Gasteiger partial charge in [-0.2, -0.15) is 0 Å². The molecule has 1 aliphatic rings. The Morgan fingerprint density at radius 2 is 1.69 bits per heavy atom. The van der Waals surface area contributed by atoms with Crippen molar-refractivity contribution in [1.82, 2.24) is 9.62 Å². The summed E-state index contributed by atoms with van der Waals surface area (Å²) in [6, 6.07) is 15.4. The fourth-order valence-electron chi connectivity index (χ4n) is 3.33. The largest absolute Gasteiger partial charge is 0.368 e. The number of hydrogen-bond acceptors (Lipinski definition) is 4. The molecule has 2 aromatic carbocycles. The van der Waals surface area contributed by atoms with Gasteiger partial charge in [0.1, 0.15) is 0 Å². The van der Waals surface area contributed by atoms with E-state index >= 15 is 0 Å². The lowest BCUT2D eigenvalue weighted by atomic mass is 10.1. The zero-order valence-corrected chi connectivity index (χ0v) is 17.7. The maximum absolute atomic E-state index is 12.4. The maximum atomic E-state index is 12.4. The van der Waals surface area contributed by atoms with E-state index in [1.807, 2.05) is 36.4 Å². The van der Waals surface area contributed by atoms with E-state index in [-0.39, 0.29) is 12.5 Å². The van der Waals surface area contributed by atoms with Crippen molar-refractivity contribution < 1.29 is 13.2 Å². The SMILES string of the molecule is Cc1cccc(N2CCN(C(=O)CNS(=O)(=O)/C=C/c3ccccc3)CC2)c1C. The van der Waals surface area contributed by atoms with Gasteiger partial charge in [0, 0.05) is 37.3 Å². The number of hydrogen-bond donors (Lipinski definition) is 1. The molecule has 1 amide bonds. The summed E-state index contributed by atoms with van der Waals surface area (Å²) >= 11 is 0. The van der Waals surface area contributed by atoms with Crippen molar-refractivity contribution in [3.63, 3.8) is 0 Å². The summed E-state index contributed by atoms with van der Waals surface area (Å²) in [5.41, 5.74) is 4.49. The van der Waals surface area contributed by atoms with E-state index < -0.39 is 10.0 Å². The molecule has 1 aliphatic heterocycles. The van der Waals surface area contributed by atoms with Crippen LogP contribution in [0.3, 0.4) is 0 Å². The second-order valence-electron chi connectivity index (χ2n) is 7.17. The molecule has 1 saturated heterocycles. The molecular weight excluding hydrogens is 386 g/mol. The minimum absolute atomic E-state index is 0.206. The third kappa shape index (κ3) is 5.68. The summed E-state index contributed by atoms with van der Waals surface area (Å²) in [5.74, 6) is -0.206. The fourth-order valence-corrected chi connectivity index (χ4v) is 4.09. The molecule has 2 aromatic rings. The molecule has 7 heteroatoms.